The molecular formula is C56H54N7O14P. The molecule has 10 rings (SSSR count). The lowest BCUT2D eigenvalue weighted by atomic mass is 9.80. The summed E-state index contributed by atoms with van der Waals surface area (Å²) in [6.45, 7) is 1.34. The Hall–Kier alpha value is -8.14. The van der Waals surface area contributed by atoms with Crippen molar-refractivity contribution in [2.45, 2.75) is 62.4 Å². The van der Waals surface area contributed by atoms with Crippen LogP contribution in [0.1, 0.15) is 68.3 Å². The number of imidazole rings is 1. The molecule has 5 heterocycles. The molecule has 402 valence electrons. The van der Waals surface area contributed by atoms with Crippen LogP contribution in [-0.4, -0.2) is 99.8 Å². The number of ether oxygens (including phenoxy) is 7. The molecule has 21 nitrogen and oxygen atoms in total. The van der Waals surface area contributed by atoms with Gasteiger partial charge in [-0.2, -0.15) is 0 Å². The molecule has 0 bridgehead atoms. The number of nitrogens with one attached hydrogen (secondary N) is 2. The quantitative estimate of drug-likeness (QED) is 0.0418. The van der Waals surface area contributed by atoms with Gasteiger partial charge < -0.3 is 47.5 Å². The third-order valence-corrected chi connectivity index (χ3v) is 15.1. The van der Waals surface area contributed by atoms with Crippen LogP contribution in [0.15, 0.2) is 168 Å². The maximum Gasteiger partial charge on any atom is 0.356 e. The van der Waals surface area contributed by atoms with E-state index in [1.165, 1.54) is 32.9 Å². The molecular weight excluding hydrogens is 1030 g/mol. The number of aryl methyl sites for hydroxylation is 1. The first-order valence-electron chi connectivity index (χ1n) is 24.7. The summed E-state index contributed by atoms with van der Waals surface area (Å²) < 4.78 is 73.8. The third-order valence-electron chi connectivity index (χ3n) is 13.5. The Morgan fingerprint density at radius 1 is 0.731 bits per heavy atom. The van der Waals surface area contributed by atoms with Crippen molar-refractivity contribution in [3.63, 3.8) is 0 Å². The normalized spacial score (nSPS) is 20.0. The molecule has 2 aliphatic rings. The van der Waals surface area contributed by atoms with Gasteiger partial charge in [0.2, 0.25) is 0 Å². The minimum absolute atomic E-state index is 0.0275. The second-order valence-corrected chi connectivity index (χ2v) is 20.3. The number of esters is 1. The molecule has 0 radical (unpaired) electrons. The van der Waals surface area contributed by atoms with Gasteiger partial charge in [-0.05, 0) is 72.1 Å². The molecule has 4 unspecified atom stereocenters. The standard InChI is InChI=1S/C56H54N7O14P/c1-35-30-62(55(67)61-51(35)64)46-29-44(75-53(66)37-16-10-6-11-17-37)54(76-46)72-34-78(68,71-4)77-43-28-47(63-33-59-48-49(57-32-58-50(48)63)60-52(65)36-14-8-5-9-15-36)74-45(43)31-73-56(38-18-12-7-13-19-38,39-20-24-41(69-2)25-21-39)40-22-26-42(70-3)27-23-40/h5-27,30,32-33,43-47,54H,28-29,31,34H2,1-4H3,(H,61,64,67)(H,57,58,60,65)/t43-,44?,45-,46?,47-,54?,78?/m1/s1. The van der Waals surface area contributed by atoms with Crippen LogP contribution in [0.3, 0.4) is 0 Å². The summed E-state index contributed by atoms with van der Waals surface area (Å²) in [5.41, 5.74) is 1.07. The van der Waals surface area contributed by atoms with Gasteiger partial charge in [0, 0.05) is 37.3 Å². The third kappa shape index (κ3) is 11.2. The fraction of sp³-hybridized carbons (Fsp3) is 0.268. The summed E-state index contributed by atoms with van der Waals surface area (Å²) in [7, 11) is 0.0219. The zero-order valence-corrected chi connectivity index (χ0v) is 43.6. The number of nitrogens with zero attached hydrogens (tertiary/aromatic N) is 5. The summed E-state index contributed by atoms with van der Waals surface area (Å²) in [5, 5.41) is 2.83. The van der Waals surface area contributed by atoms with Crippen LogP contribution in [-0.2, 0) is 42.9 Å². The Balaban J connectivity index is 0.983. The van der Waals surface area contributed by atoms with Crippen molar-refractivity contribution in [3.8, 4) is 11.5 Å². The molecule has 2 saturated heterocycles. The van der Waals surface area contributed by atoms with E-state index in [-0.39, 0.29) is 41.9 Å². The number of rotatable bonds is 20. The fourth-order valence-electron chi connectivity index (χ4n) is 9.45. The molecule has 0 aliphatic carbocycles. The summed E-state index contributed by atoms with van der Waals surface area (Å²) >= 11 is 0. The van der Waals surface area contributed by atoms with E-state index in [0.717, 1.165) is 21.3 Å². The number of fused-ring (bicyclic) bond motifs is 1. The molecule has 22 heteroatoms. The number of anilines is 1. The first-order chi connectivity index (χ1) is 37.9. The minimum Gasteiger partial charge on any atom is -0.497 e. The number of aromatic amines is 1. The van der Waals surface area contributed by atoms with E-state index < -0.39 is 79.7 Å². The summed E-state index contributed by atoms with van der Waals surface area (Å²) in [6, 6.07) is 41.6. The molecule has 2 aliphatic heterocycles. The molecule has 78 heavy (non-hydrogen) atoms. The predicted molar refractivity (Wildman–Crippen MR) is 282 cm³/mol. The average molecular weight is 1080 g/mol. The second kappa shape index (κ2) is 23.2. The van der Waals surface area contributed by atoms with Gasteiger partial charge >= 0.3 is 19.3 Å². The zero-order valence-electron chi connectivity index (χ0n) is 42.7. The second-order valence-electron chi connectivity index (χ2n) is 18.3. The van der Waals surface area contributed by atoms with Gasteiger partial charge in [-0.25, -0.2) is 24.5 Å². The first-order valence-corrected chi connectivity index (χ1v) is 26.5. The highest BCUT2D eigenvalue weighted by molar-refractivity contribution is 7.53. The lowest BCUT2D eigenvalue weighted by Crippen LogP contribution is -2.38. The van der Waals surface area contributed by atoms with E-state index in [2.05, 4.69) is 25.3 Å². The van der Waals surface area contributed by atoms with Crippen molar-refractivity contribution in [1.82, 2.24) is 29.1 Å². The molecule has 2 N–H and O–H groups in total. The average Bonchev–Trinajstić information content (AvgIpc) is 4.32. The Kier molecular flexibility index (Phi) is 15.9. The number of hydrogen-bond acceptors (Lipinski definition) is 17. The fourth-order valence-corrected chi connectivity index (χ4v) is 10.7. The van der Waals surface area contributed by atoms with Gasteiger partial charge in [-0.1, -0.05) is 91.0 Å². The Bertz CT molecular complexity index is 3500. The van der Waals surface area contributed by atoms with Crippen LogP contribution in [0.4, 0.5) is 5.82 Å². The highest BCUT2D eigenvalue weighted by Crippen LogP contribution is 2.53. The van der Waals surface area contributed by atoms with Gasteiger partial charge in [-0.15, -0.1) is 0 Å². The maximum atomic E-state index is 15.1. The number of hydrogen-bond donors (Lipinski definition) is 2. The van der Waals surface area contributed by atoms with Crippen LogP contribution in [0.5, 0.6) is 11.5 Å². The molecule has 7 atom stereocenters. The smallest absolute Gasteiger partial charge is 0.356 e. The Morgan fingerprint density at radius 3 is 1.95 bits per heavy atom. The largest absolute Gasteiger partial charge is 0.497 e. The molecule has 8 aromatic rings. The van der Waals surface area contributed by atoms with E-state index in [9.17, 15) is 19.2 Å². The highest BCUT2D eigenvalue weighted by Gasteiger charge is 2.47. The number of carbonyl (C=O) groups is 2. The predicted octanol–water partition coefficient (Wildman–Crippen LogP) is 7.92. The van der Waals surface area contributed by atoms with Crippen molar-refractivity contribution in [3.05, 3.63) is 213 Å². The number of methoxy groups -OCH3 is 2. The van der Waals surface area contributed by atoms with Gasteiger partial charge in [0.1, 0.15) is 48.1 Å². The lowest BCUT2D eigenvalue weighted by molar-refractivity contribution is -0.170. The van der Waals surface area contributed by atoms with E-state index in [1.54, 1.807) is 79.5 Å². The highest BCUT2D eigenvalue weighted by atomic mass is 31.2. The molecule has 0 saturated carbocycles. The zero-order chi connectivity index (χ0) is 54.4. The van der Waals surface area contributed by atoms with Gasteiger partial charge in [0.15, 0.2) is 35.7 Å². The minimum atomic E-state index is -4.35. The van der Waals surface area contributed by atoms with Gasteiger partial charge in [0.05, 0.1) is 32.7 Å². The molecule has 0 spiro atoms. The summed E-state index contributed by atoms with van der Waals surface area (Å²) in [4.78, 5) is 67.9. The van der Waals surface area contributed by atoms with Crippen LogP contribution >= 0.6 is 7.60 Å². The molecule has 3 aromatic heterocycles. The van der Waals surface area contributed by atoms with Crippen molar-refractivity contribution in [2.24, 2.45) is 0 Å². The van der Waals surface area contributed by atoms with E-state index in [4.69, 9.17) is 42.2 Å². The van der Waals surface area contributed by atoms with E-state index in [0.29, 0.717) is 22.7 Å². The number of aromatic nitrogens is 6. The summed E-state index contributed by atoms with van der Waals surface area (Å²) in [6.07, 6.45) is -3.24. The van der Waals surface area contributed by atoms with Crippen molar-refractivity contribution >= 4 is 36.5 Å². The van der Waals surface area contributed by atoms with Crippen molar-refractivity contribution < 1.29 is 56.4 Å². The number of H-pyrrole nitrogens is 1. The lowest BCUT2D eigenvalue weighted by Gasteiger charge is -2.37. The molecule has 5 aromatic carbocycles. The van der Waals surface area contributed by atoms with Gasteiger partial charge in [0.25, 0.3) is 11.5 Å². The van der Waals surface area contributed by atoms with Crippen LogP contribution in [0.25, 0.3) is 11.2 Å². The van der Waals surface area contributed by atoms with Gasteiger partial charge in [-0.3, -0.25) is 28.3 Å². The van der Waals surface area contributed by atoms with Crippen LogP contribution < -0.4 is 26.0 Å². The number of amides is 1. The SMILES string of the molecule is COc1ccc(C(OC[C@H]2O[C@@H](n3cnc4c(NC(=O)c5ccccc5)ncnc43)C[C@H]2OP(=O)(COC2OC(n3cc(C)c(=O)[nH]c3=O)CC2OC(=O)c2ccccc2)OC)(c2ccccc2)c2ccc(OC)cc2)cc1. The Morgan fingerprint density at radius 2 is 1.32 bits per heavy atom. The maximum absolute atomic E-state index is 15.1. The summed E-state index contributed by atoms with van der Waals surface area (Å²) in [5.74, 6) is 0.311. The van der Waals surface area contributed by atoms with E-state index in [1.807, 2.05) is 78.9 Å². The molecule has 1 amide bonds. The van der Waals surface area contributed by atoms with Crippen LogP contribution in [0.2, 0.25) is 0 Å². The van der Waals surface area contributed by atoms with E-state index >= 15 is 4.57 Å². The number of carbonyl (C=O) groups excluding carboxylic acids is 2. The topological polar surface area (TPSA) is 245 Å². The van der Waals surface area contributed by atoms with Crippen LogP contribution in [0, 0.1) is 6.92 Å². The molecule has 2 fully saturated rings. The first kappa shape index (κ1) is 53.3. The van der Waals surface area contributed by atoms with Crippen molar-refractivity contribution in [1.29, 1.82) is 0 Å². The monoisotopic (exact) mass is 1080 g/mol. The number of benzene rings is 5. The Labute approximate surface area is 446 Å². The van der Waals surface area contributed by atoms with Crippen molar-refractivity contribution in [2.75, 3.05) is 39.6 Å².